The first-order chi connectivity index (χ1) is 17.5. The van der Waals surface area contributed by atoms with E-state index in [1.165, 1.54) is 10.5 Å². The highest BCUT2D eigenvalue weighted by Gasteiger charge is 2.72. The fraction of sp³-hybridized carbons (Fsp3) is 0.483. The first-order valence-corrected chi connectivity index (χ1v) is 14.1. The largest absolute Gasteiger partial charge is 0.369 e. The van der Waals surface area contributed by atoms with Gasteiger partial charge >= 0.3 is 0 Å². The van der Waals surface area contributed by atoms with Crippen LogP contribution >= 0.6 is 22.9 Å². The maximum atomic E-state index is 12.9. The molecule has 1 aromatic carbocycles. The van der Waals surface area contributed by atoms with Crippen LogP contribution in [0.15, 0.2) is 30.5 Å². The number of hydrogen-bond acceptors (Lipinski definition) is 6. The molecule has 3 aliphatic rings. The van der Waals surface area contributed by atoms with E-state index in [4.69, 9.17) is 16.3 Å². The number of aryl methyl sites for hydroxylation is 1. The van der Waals surface area contributed by atoms with E-state index < -0.39 is 0 Å². The van der Waals surface area contributed by atoms with Crippen molar-refractivity contribution in [1.82, 2.24) is 15.2 Å². The van der Waals surface area contributed by atoms with Crippen molar-refractivity contribution in [2.45, 2.75) is 59.3 Å². The molecule has 3 fully saturated rings. The molecule has 2 amide bonds. The highest BCUT2D eigenvalue weighted by atomic mass is 35.5. The third-order valence-corrected chi connectivity index (χ3v) is 9.60. The molecule has 2 aliphatic heterocycles. The highest BCUT2D eigenvalue weighted by Crippen LogP contribution is 2.63. The average molecular weight is 538 g/mol. The van der Waals surface area contributed by atoms with Crippen LogP contribution in [0.1, 0.15) is 43.7 Å². The fourth-order valence-electron chi connectivity index (χ4n) is 6.29. The van der Waals surface area contributed by atoms with Crippen LogP contribution in [-0.2, 0) is 27.3 Å². The van der Waals surface area contributed by atoms with Gasteiger partial charge in [0.15, 0.2) is 0 Å². The van der Waals surface area contributed by atoms with Gasteiger partial charge in [-0.05, 0) is 67.1 Å². The van der Waals surface area contributed by atoms with Gasteiger partial charge < -0.3 is 10.1 Å². The zero-order valence-corrected chi connectivity index (χ0v) is 23.4. The average Bonchev–Trinajstić information content (AvgIpc) is 3.07. The van der Waals surface area contributed by atoms with Crippen LogP contribution in [0.5, 0.6) is 0 Å². The number of morpholine rings is 1. The number of pyridine rings is 1. The van der Waals surface area contributed by atoms with Crippen molar-refractivity contribution in [2.75, 3.05) is 13.1 Å². The zero-order chi connectivity index (χ0) is 26.3. The number of likely N-dealkylation sites (tertiary alicyclic amines) is 1. The van der Waals surface area contributed by atoms with E-state index in [2.05, 4.69) is 31.1 Å². The van der Waals surface area contributed by atoms with Crippen molar-refractivity contribution in [3.05, 3.63) is 51.5 Å². The van der Waals surface area contributed by atoms with Crippen molar-refractivity contribution < 1.29 is 14.3 Å². The summed E-state index contributed by atoms with van der Waals surface area (Å²) < 4.78 is 7.43. The van der Waals surface area contributed by atoms with Gasteiger partial charge in [0.1, 0.15) is 0 Å². The summed E-state index contributed by atoms with van der Waals surface area (Å²) in [5.41, 5.74) is 4.93. The molecule has 2 saturated heterocycles. The molecule has 8 heteroatoms. The molecule has 2 aromatic heterocycles. The summed E-state index contributed by atoms with van der Waals surface area (Å²) in [6, 6.07) is 8.08. The maximum Gasteiger partial charge on any atom is 0.234 e. The molecule has 0 spiro atoms. The van der Waals surface area contributed by atoms with Gasteiger partial charge in [0.2, 0.25) is 11.8 Å². The number of piperidine rings is 1. The van der Waals surface area contributed by atoms with Crippen molar-refractivity contribution in [3.8, 4) is 11.1 Å². The van der Waals surface area contributed by atoms with Crippen LogP contribution in [0, 0.1) is 24.2 Å². The standard InChI is InChI=1S/C29H32ClN3O3S/c1-15-8-16(30)9-21(20(15)10-17-12-31-14-28(2,3)36-17)19-6-7-32-22-11-18(37-25(19)22)13-33-26(34)23-24(27(33)35)29(23,4)5/h6-9,11,17,23-24,31H,10,12-14H2,1-5H3. The summed E-state index contributed by atoms with van der Waals surface area (Å²) >= 11 is 8.16. The smallest absolute Gasteiger partial charge is 0.234 e. The molecule has 4 heterocycles. The van der Waals surface area contributed by atoms with Gasteiger partial charge in [0, 0.05) is 41.2 Å². The van der Waals surface area contributed by atoms with E-state index in [9.17, 15) is 9.59 Å². The number of nitrogens with zero attached hydrogens (tertiary/aromatic N) is 2. The second-order valence-electron chi connectivity index (χ2n) is 11.9. The Morgan fingerprint density at radius 3 is 2.57 bits per heavy atom. The number of carbonyl (C=O) groups excluding carboxylic acids is 2. The molecule has 6 nitrogen and oxygen atoms in total. The van der Waals surface area contributed by atoms with Gasteiger partial charge in [-0.25, -0.2) is 0 Å². The van der Waals surface area contributed by atoms with Crippen LogP contribution in [0.4, 0.5) is 0 Å². The lowest BCUT2D eigenvalue weighted by molar-refractivity contribution is -0.143. The lowest BCUT2D eigenvalue weighted by atomic mass is 9.91. The maximum absolute atomic E-state index is 12.9. The lowest BCUT2D eigenvalue weighted by Crippen LogP contribution is -2.51. The van der Waals surface area contributed by atoms with Crippen LogP contribution in [0.3, 0.4) is 0 Å². The first-order valence-electron chi connectivity index (χ1n) is 12.9. The van der Waals surface area contributed by atoms with Crippen molar-refractivity contribution in [2.24, 2.45) is 17.3 Å². The Morgan fingerprint density at radius 2 is 1.86 bits per heavy atom. The quantitative estimate of drug-likeness (QED) is 0.443. The second kappa shape index (κ2) is 8.60. The van der Waals surface area contributed by atoms with Gasteiger partial charge in [-0.3, -0.25) is 19.5 Å². The third-order valence-electron chi connectivity index (χ3n) is 8.24. The number of carbonyl (C=O) groups is 2. The predicted octanol–water partition coefficient (Wildman–Crippen LogP) is 5.38. The van der Waals surface area contributed by atoms with E-state index in [1.807, 2.05) is 44.3 Å². The molecule has 6 rings (SSSR count). The Labute approximate surface area is 226 Å². The molecule has 1 aliphatic carbocycles. The Hall–Kier alpha value is -2.32. The lowest BCUT2D eigenvalue weighted by Gasteiger charge is -2.37. The molecule has 3 atom stereocenters. The third kappa shape index (κ3) is 4.20. The highest BCUT2D eigenvalue weighted by molar-refractivity contribution is 7.19. The van der Waals surface area contributed by atoms with E-state index in [0.717, 1.165) is 51.3 Å². The Bertz CT molecular complexity index is 1420. The van der Waals surface area contributed by atoms with E-state index in [1.54, 1.807) is 11.3 Å². The minimum Gasteiger partial charge on any atom is -0.369 e. The number of amides is 2. The molecule has 1 N–H and O–H groups in total. The molecular formula is C29H32ClN3O3S. The molecular weight excluding hydrogens is 506 g/mol. The normalized spacial score (nSPS) is 26.1. The number of aromatic nitrogens is 1. The number of thiophene rings is 1. The summed E-state index contributed by atoms with van der Waals surface area (Å²) in [4.78, 5) is 32.8. The number of ether oxygens (including phenoxy) is 1. The van der Waals surface area contributed by atoms with Gasteiger partial charge in [-0.1, -0.05) is 25.4 Å². The van der Waals surface area contributed by atoms with Crippen LogP contribution in [0.25, 0.3) is 21.3 Å². The van der Waals surface area contributed by atoms with Crippen LogP contribution < -0.4 is 5.32 Å². The van der Waals surface area contributed by atoms with Crippen molar-refractivity contribution in [3.63, 3.8) is 0 Å². The van der Waals surface area contributed by atoms with Gasteiger partial charge in [0.05, 0.1) is 40.3 Å². The van der Waals surface area contributed by atoms with Gasteiger partial charge in [-0.2, -0.15) is 0 Å². The molecule has 0 bridgehead atoms. The monoisotopic (exact) mass is 537 g/mol. The van der Waals surface area contributed by atoms with E-state index in [0.29, 0.717) is 11.6 Å². The molecule has 3 unspecified atom stereocenters. The SMILES string of the molecule is Cc1cc(Cl)cc(-c2ccnc3cc(CN4C(=O)C5C(C4=O)C5(C)C)sc23)c1CC1CNCC(C)(C)O1. The molecule has 37 heavy (non-hydrogen) atoms. The number of hydrogen-bond donors (Lipinski definition) is 1. The minimum absolute atomic E-state index is 0.0394. The minimum atomic E-state index is -0.212. The Balaban J connectivity index is 1.34. The van der Waals surface area contributed by atoms with Crippen molar-refractivity contribution in [1.29, 1.82) is 0 Å². The van der Waals surface area contributed by atoms with Crippen LogP contribution in [0.2, 0.25) is 5.02 Å². The Morgan fingerprint density at radius 1 is 1.14 bits per heavy atom. The summed E-state index contributed by atoms with van der Waals surface area (Å²) in [5, 5.41) is 4.19. The first kappa shape index (κ1) is 25.0. The number of imide groups is 1. The fourth-order valence-corrected chi connectivity index (χ4v) is 7.69. The van der Waals surface area contributed by atoms with Crippen LogP contribution in [-0.4, -0.2) is 46.5 Å². The van der Waals surface area contributed by atoms with Gasteiger partial charge in [0.25, 0.3) is 0 Å². The summed E-state index contributed by atoms with van der Waals surface area (Å²) in [7, 11) is 0. The summed E-state index contributed by atoms with van der Waals surface area (Å²) in [6.45, 7) is 12.3. The topological polar surface area (TPSA) is 71.5 Å². The number of nitrogens with one attached hydrogen (secondary N) is 1. The summed E-state index contributed by atoms with van der Waals surface area (Å²) in [5.74, 6) is -0.409. The Kier molecular flexibility index (Phi) is 5.81. The van der Waals surface area contributed by atoms with E-state index >= 15 is 0 Å². The predicted molar refractivity (Wildman–Crippen MR) is 147 cm³/mol. The number of halogens is 1. The number of benzene rings is 1. The summed E-state index contributed by atoms with van der Waals surface area (Å²) in [6.07, 6.45) is 2.65. The molecule has 0 radical (unpaired) electrons. The number of rotatable bonds is 5. The second-order valence-corrected chi connectivity index (χ2v) is 13.5. The molecule has 1 saturated carbocycles. The van der Waals surface area contributed by atoms with Gasteiger partial charge in [-0.15, -0.1) is 11.3 Å². The molecule has 194 valence electrons. The zero-order valence-electron chi connectivity index (χ0n) is 21.9. The van der Waals surface area contributed by atoms with Crippen molar-refractivity contribution >= 4 is 45.0 Å². The van der Waals surface area contributed by atoms with E-state index in [-0.39, 0.29) is 40.8 Å². The number of fused-ring (bicyclic) bond motifs is 2. The molecule has 3 aromatic rings.